The van der Waals surface area contributed by atoms with Gasteiger partial charge >= 0.3 is 0 Å². The second kappa shape index (κ2) is 6.89. The molecule has 0 fully saturated rings. The first kappa shape index (κ1) is 17.7. The van der Waals surface area contributed by atoms with E-state index < -0.39 is 0 Å². The van der Waals surface area contributed by atoms with Gasteiger partial charge < -0.3 is 4.74 Å². The molecular weight excluding hydrogens is 437 g/mol. The first-order valence-electron chi connectivity index (χ1n) is 8.12. The molecule has 0 saturated heterocycles. The number of thiazole rings is 2. The minimum absolute atomic E-state index is 0.476. The lowest BCUT2D eigenvalue weighted by Crippen LogP contribution is -1.94. The first-order chi connectivity index (χ1) is 13.6. The van der Waals surface area contributed by atoms with Gasteiger partial charge in [0.25, 0.3) is 0 Å². The Balaban J connectivity index is 1.50. The third kappa shape index (κ3) is 3.08. The van der Waals surface area contributed by atoms with Crippen LogP contribution in [0.1, 0.15) is 0 Å². The number of hydrogen-bond donors (Lipinski definition) is 1. The van der Waals surface area contributed by atoms with Gasteiger partial charge in [-0.3, -0.25) is 5.32 Å². The highest BCUT2D eigenvalue weighted by Gasteiger charge is 2.15. The Morgan fingerprint density at radius 2 is 2.00 bits per heavy atom. The summed E-state index contributed by atoms with van der Waals surface area (Å²) in [6.07, 6.45) is 0. The van der Waals surface area contributed by atoms with Crippen LogP contribution >= 0.6 is 45.9 Å². The van der Waals surface area contributed by atoms with Crippen molar-refractivity contribution in [2.24, 2.45) is 0 Å². The third-order valence-electron chi connectivity index (χ3n) is 4.10. The van der Waals surface area contributed by atoms with E-state index in [0.717, 1.165) is 32.2 Å². The molecule has 5 rings (SSSR count). The van der Waals surface area contributed by atoms with Crippen molar-refractivity contribution in [3.8, 4) is 17.0 Å². The SMILES string of the molecule is COc1ccc2nc(Nc3nc4scc(-c5ccc(Cl)cc5Cl)n4n3)sc2c1. The van der Waals surface area contributed by atoms with Crippen molar-refractivity contribution in [3.63, 3.8) is 0 Å². The predicted molar refractivity (Wildman–Crippen MR) is 116 cm³/mol. The van der Waals surface area contributed by atoms with Crippen LogP contribution in [-0.4, -0.2) is 26.7 Å². The molecule has 0 bridgehead atoms. The lowest BCUT2D eigenvalue weighted by Gasteiger charge is -2.02. The van der Waals surface area contributed by atoms with Crippen LogP contribution in [0.2, 0.25) is 10.0 Å². The van der Waals surface area contributed by atoms with Gasteiger partial charge in [0.2, 0.25) is 10.9 Å². The van der Waals surface area contributed by atoms with Gasteiger partial charge in [-0.2, -0.15) is 4.98 Å². The van der Waals surface area contributed by atoms with E-state index in [-0.39, 0.29) is 0 Å². The number of nitrogens with one attached hydrogen (secondary N) is 1. The summed E-state index contributed by atoms with van der Waals surface area (Å²) in [5.41, 5.74) is 2.60. The zero-order chi connectivity index (χ0) is 19.3. The zero-order valence-electron chi connectivity index (χ0n) is 14.3. The molecule has 0 amide bonds. The van der Waals surface area contributed by atoms with Crippen LogP contribution in [0.4, 0.5) is 11.1 Å². The molecule has 0 spiro atoms. The van der Waals surface area contributed by atoms with E-state index in [0.29, 0.717) is 21.1 Å². The summed E-state index contributed by atoms with van der Waals surface area (Å²) in [7, 11) is 1.65. The molecule has 10 heteroatoms. The number of nitrogens with zero attached hydrogens (tertiary/aromatic N) is 4. The topological polar surface area (TPSA) is 64.3 Å². The molecule has 0 aliphatic heterocycles. The number of benzene rings is 2. The monoisotopic (exact) mass is 447 g/mol. The van der Waals surface area contributed by atoms with Crippen LogP contribution in [-0.2, 0) is 0 Å². The van der Waals surface area contributed by atoms with Crippen molar-refractivity contribution in [2.45, 2.75) is 0 Å². The van der Waals surface area contributed by atoms with Crippen LogP contribution < -0.4 is 10.1 Å². The fourth-order valence-corrected chi connectivity index (χ4v) is 5.01. The smallest absolute Gasteiger partial charge is 0.250 e. The lowest BCUT2D eigenvalue weighted by molar-refractivity contribution is 0.415. The highest BCUT2D eigenvalue weighted by molar-refractivity contribution is 7.22. The van der Waals surface area contributed by atoms with Gasteiger partial charge in [-0.15, -0.1) is 16.4 Å². The summed E-state index contributed by atoms with van der Waals surface area (Å²) in [6.45, 7) is 0. The van der Waals surface area contributed by atoms with Gasteiger partial charge in [0, 0.05) is 16.0 Å². The second-order valence-corrected chi connectivity index (χ2v) is 8.56. The number of halogens is 2. The summed E-state index contributed by atoms with van der Waals surface area (Å²) < 4.78 is 8.05. The molecule has 0 atom stereocenters. The highest BCUT2D eigenvalue weighted by Crippen LogP contribution is 2.34. The van der Waals surface area contributed by atoms with Gasteiger partial charge in [-0.1, -0.05) is 34.5 Å². The summed E-state index contributed by atoms with van der Waals surface area (Å²) in [5, 5.41) is 11.6. The molecule has 0 aliphatic rings. The molecule has 0 radical (unpaired) electrons. The molecule has 28 heavy (non-hydrogen) atoms. The van der Waals surface area contributed by atoms with Crippen molar-refractivity contribution in [2.75, 3.05) is 12.4 Å². The normalized spacial score (nSPS) is 11.4. The summed E-state index contributed by atoms with van der Waals surface area (Å²) >= 11 is 15.4. The van der Waals surface area contributed by atoms with Crippen LogP contribution in [0.3, 0.4) is 0 Å². The summed E-state index contributed by atoms with van der Waals surface area (Å²) in [6, 6.07) is 11.2. The summed E-state index contributed by atoms with van der Waals surface area (Å²) in [5.74, 6) is 1.28. The molecular formula is C18H11Cl2N5OS2. The number of methoxy groups -OCH3 is 1. The molecule has 1 N–H and O–H groups in total. The fraction of sp³-hybridized carbons (Fsp3) is 0.0556. The maximum absolute atomic E-state index is 6.35. The molecule has 0 unspecified atom stereocenters. The van der Waals surface area contributed by atoms with Crippen molar-refractivity contribution < 1.29 is 4.74 Å². The van der Waals surface area contributed by atoms with E-state index >= 15 is 0 Å². The van der Waals surface area contributed by atoms with Crippen LogP contribution in [0.15, 0.2) is 41.8 Å². The zero-order valence-corrected chi connectivity index (χ0v) is 17.5. The van der Waals surface area contributed by atoms with E-state index in [1.54, 1.807) is 23.8 Å². The van der Waals surface area contributed by atoms with Crippen LogP contribution in [0.25, 0.3) is 26.4 Å². The Hall–Kier alpha value is -2.39. The van der Waals surface area contributed by atoms with E-state index in [1.807, 2.05) is 29.6 Å². The lowest BCUT2D eigenvalue weighted by atomic mass is 10.2. The van der Waals surface area contributed by atoms with E-state index in [4.69, 9.17) is 27.9 Å². The molecule has 2 aromatic carbocycles. The number of fused-ring (bicyclic) bond motifs is 2. The maximum atomic E-state index is 6.35. The predicted octanol–water partition coefficient (Wildman–Crippen LogP) is 6.13. The maximum Gasteiger partial charge on any atom is 0.250 e. The number of hydrogen-bond acceptors (Lipinski definition) is 7. The summed E-state index contributed by atoms with van der Waals surface area (Å²) in [4.78, 5) is 9.87. The largest absolute Gasteiger partial charge is 0.497 e. The van der Waals surface area contributed by atoms with Gasteiger partial charge in [-0.05, 0) is 36.4 Å². The van der Waals surface area contributed by atoms with Gasteiger partial charge in [0.1, 0.15) is 5.75 Å². The van der Waals surface area contributed by atoms with Crippen LogP contribution in [0.5, 0.6) is 5.75 Å². The molecule has 3 aromatic heterocycles. The van der Waals surface area contributed by atoms with Gasteiger partial charge in [0.15, 0.2) is 5.13 Å². The standard InChI is InChI=1S/C18H11Cl2N5OS2/c1-26-10-3-5-13-15(7-10)28-17(21-13)22-16-23-18-25(24-16)14(8-27-18)11-4-2-9(19)6-12(11)20/h2-8H,1H3,(H,21,22,24). The Bertz CT molecular complexity index is 1330. The number of rotatable bonds is 4. The fourth-order valence-electron chi connectivity index (χ4n) is 2.80. The minimum atomic E-state index is 0.476. The number of anilines is 2. The Labute approximate surface area is 177 Å². The van der Waals surface area contributed by atoms with Gasteiger partial charge in [0.05, 0.1) is 28.0 Å². The van der Waals surface area contributed by atoms with E-state index in [1.165, 1.54) is 22.7 Å². The number of ether oxygens (including phenoxy) is 1. The molecule has 140 valence electrons. The van der Waals surface area contributed by atoms with Crippen molar-refractivity contribution >= 4 is 72.1 Å². The molecule has 5 aromatic rings. The second-order valence-electron chi connectivity index (χ2n) is 5.85. The average Bonchev–Trinajstić information content (AvgIpc) is 3.35. The third-order valence-corrected chi connectivity index (χ3v) is 6.40. The Morgan fingerprint density at radius 3 is 2.82 bits per heavy atom. The van der Waals surface area contributed by atoms with E-state index in [9.17, 15) is 0 Å². The molecule has 6 nitrogen and oxygen atoms in total. The molecule has 3 heterocycles. The van der Waals surface area contributed by atoms with Crippen LogP contribution in [0, 0.1) is 0 Å². The first-order valence-corrected chi connectivity index (χ1v) is 10.6. The number of aromatic nitrogens is 4. The van der Waals surface area contributed by atoms with Crippen molar-refractivity contribution in [1.82, 2.24) is 19.6 Å². The van der Waals surface area contributed by atoms with Gasteiger partial charge in [-0.25, -0.2) is 9.50 Å². The van der Waals surface area contributed by atoms with Crippen molar-refractivity contribution in [1.29, 1.82) is 0 Å². The average molecular weight is 448 g/mol. The minimum Gasteiger partial charge on any atom is -0.497 e. The highest BCUT2D eigenvalue weighted by atomic mass is 35.5. The molecule has 0 aliphatic carbocycles. The Kier molecular flexibility index (Phi) is 4.36. The van der Waals surface area contributed by atoms with E-state index in [2.05, 4.69) is 20.4 Å². The van der Waals surface area contributed by atoms with Crippen molar-refractivity contribution in [3.05, 3.63) is 51.8 Å². The Morgan fingerprint density at radius 1 is 1.11 bits per heavy atom. The quantitative estimate of drug-likeness (QED) is 0.359. The molecule has 0 saturated carbocycles.